The molecular weight excluding hydrogens is 383 g/mol. The minimum atomic E-state index is -1.89. The highest BCUT2D eigenvalue weighted by Gasteiger charge is 2.35. The number of thiophene rings is 1. The number of aromatic carboxylic acids is 1. The second kappa shape index (κ2) is 7.40. The second-order valence-electron chi connectivity index (χ2n) is 4.42. The molecule has 1 atom stereocenters. The van der Waals surface area contributed by atoms with Gasteiger partial charge in [-0.1, -0.05) is 53.0 Å². The predicted octanol–water partition coefficient (Wildman–Crippen LogP) is 3.98. The number of anilines is 1. The minimum absolute atomic E-state index is 0.00266. The summed E-state index contributed by atoms with van der Waals surface area (Å²) in [7, 11) is 0. The van der Waals surface area contributed by atoms with Crippen molar-refractivity contribution in [3.63, 3.8) is 0 Å². The zero-order chi connectivity index (χ0) is 17.0. The maximum Gasteiger partial charge on any atom is 0.337 e. The monoisotopic (exact) mass is 392 g/mol. The SMILES string of the molecule is O=C(NC(Nc1ccccc1C(=O)O)C(Cl)(Cl)Cl)c1cccs1. The molecule has 1 unspecified atom stereocenters. The summed E-state index contributed by atoms with van der Waals surface area (Å²) in [6, 6.07) is 9.47. The molecule has 0 aliphatic rings. The fourth-order valence-corrected chi connectivity index (χ4v) is 2.71. The Bertz CT molecular complexity index is 702. The van der Waals surface area contributed by atoms with E-state index in [9.17, 15) is 14.7 Å². The zero-order valence-corrected chi connectivity index (χ0v) is 14.5. The van der Waals surface area contributed by atoms with Gasteiger partial charge in [0, 0.05) is 0 Å². The summed E-state index contributed by atoms with van der Waals surface area (Å²) in [4.78, 5) is 23.8. The highest BCUT2D eigenvalue weighted by molar-refractivity contribution is 7.12. The number of amides is 1. The van der Waals surface area contributed by atoms with Crippen LogP contribution in [-0.4, -0.2) is 26.9 Å². The highest BCUT2D eigenvalue weighted by atomic mass is 35.6. The number of carbonyl (C=O) groups excluding carboxylic acids is 1. The van der Waals surface area contributed by atoms with Crippen LogP contribution in [0.5, 0.6) is 0 Å². The van der Waals surface area contributed by atoms with E-state index in [0.717, 1.165) is 0 Å². The average Bonchev–Trinajstić information content (AvgIpc) is 3.00. The lowest BCUT2D eigenvalue weighted by Crippen LogP contribution is -2.49. The minimum Gasteiger partial charge on any atom is -0.478 e. The molecule has 1 aromatic heterocycles. The molecule has 0 aliphatic carbocycles. The molecule has 0 aliphatic heterocycles. The Morgan fingerprint density at radius 2 is 1.83 bits per heavy atom. The molecule has 0 saturated heterocycles. The fraction of sp³-hybridized carbons (Fsp3) is 0.143. The Labute approximate surface area is 151 Å². The highest BCUT2D eigenvalue weighted by Crippen LogP contribution is 2.32. The van der Waals surface area contributed by atoms with Crippen LogP contribution in [0.1, 0.15) is 20.0 Å². The summed E-state index contributed by atoms with van der Waals surface area (Å²) in [5, 5.41) is 16.2. The van der Waals surface area contributed by atoms with E-state index in [1.807, 2.05) is 0 Å². The molecule has 0 bridgehead atoms. The molecule has 122 valence electrons. The summed E-state index contributed by atoms with van der Waals surface area (Å²) < 4.78 is -1.89. The summed E-state index contributed by atoms with van der Waals surface area (Å²) >= 11 is 18.9. The molecule has 5 nitrogen and oxygen atoms in total. The van der Waals surface area contributed by atoms with Gasteiger partial charge in [-0.3, -0.25) is 4.79 Å². The van der Waals surface area contributed by atoms with Crippen molar-refractivity contribution in [2.45, 2.75) is 9.96 Å². The third-order valence-corrected chi connectivity index (χ3v) is 4.33. The van der Waals surface area contributed by atoms with Crippen LogP contribution in [0.25, 0.3) is 0 Å². The van der Waals surface area contributed by atoms with Gasteiger partial charge >= 0.3 is 5.97 Å². The number of carbonyl (C=O) groups is 2. The largest absolute Gasteiger partial charge is 0.478 e. The van der Waals surface area contributed by atoms with Crippen LogP contribution < -0.4 is 10.6 Å². The van der Waals surface area contributed by atoms with Gasteiger partial charge in [0.2, 0.25) is 3.79 Å². The maximum atomic E-state index is 12.1. The Morgan fingerprint density at radius 3 is 2.39 bits per heavy atom. The van der Waals surface area contributed by atoms with Crippen LogP contribution in [0, 0.1) is 0 Å². The molecule has 0 spiro atoms. The summed E-state index contributed by atoms with van der Waals surface area (Å²) in [6.45, 7) is 0. The number of hydrogen-bond donors (Lipinski definition) is 3. The third-order valence-electron chi connectivity index (χ3n) is 2.81. The standard InChI is InChI=1S/C14H11Cl3N2O3S/c15-14(16,17)13(19-11(20)10-6-3-7-23-10)18-9-5-2-1-4-8(9)12(21)22/h1-7,13,18H,(H,19,20)(H,21,22). The van der Waals surface area contributed by atoms with Crippen LogP contribution in [-0.2, 0) is 0 Å². The van der Waals surface area contributed by atoms with Crippen LogP contribution in [0.2, 0.25) is 0 Å². The van der Waals surface area contributed by atoms with Gasteiger partial charge in [-0.25, -0.2) is 4.79 Å². The topological polar surface area (TPSA) is 78.4 Å². The van der Waals surface area contributed by atoms with Crippen LogP contribution in [0.3, 0.4) is 0 Å². The van der Waals surface area contributed by atoms with E-state index in [0.29, 0.717) is 4.88 Å². The van der Waals surface area contributed by atoms with Crippen molar-refractivity contribution in [1.82, 2.24) is 5.32 Å². The van der Waals surface area contributed by atoms with E-state index < -0.39 is 21.8 Å². The Balaban J connectivity index is 2.24. The molecule has 2 rings (SSSR count). The molecular formula is C14H11Cl3N2O3S. The van der Waals surface area contributed by atoms with Crippen LogP contribution >= 0.6 is 46.1 Å². The van der Waals surface area contributed by atoms with Gasteiger partial charge in [-0.15, -0.1) is 11.3 Å². The maximum absolute atomic E-state index is 12.1. The first-order chi connectivity index (χ1) is 10.8. The molecule has 0 saturated carbocycles. The number of rotatable bonds is 5. The lowest BCUT2D eigenvalue weighted by molar-refractivity contribution is 0.0697. The van der Waals surface area contributed by atoms with E-state index in [1.54, 1.807) is 29.6 Å². The Hall–Kier alpha value is -1.47. The molecule has 23 heavy (non-hydrogen) atoms. The van der Waals surface area contributed by atoms with Gasteiger partial charge < -0.3 is 15.7 Å². The van der Waals surface area contributed by atoms with E-state index in [2.05, 4.69) is 10.6 Å². The van der Waals surface area contributed by atoms with Gasteiger partial charge in [0.15, 0.2) is 0 Å². The number of alkyl halides is 3. The summed E-state index contributed by atoms with van der Waals surface area (Å²) in [5.74, 6) is -1.57. The number of nitrogens with one attached hydrogen (secondary N) is 2. The molecule has 1 aromatic carbocycles. The predicted molar refractivity (Wildman–Crippen MR) is 92.9 cm³/mol. The van der Waals surface area contributed by atoms with Crippen molar-refractivity contribution in [3.8, 4) is 0 Å². The number of carboxylic acid groups (broad SMARTS) is 1. The van der Waals surface area contributed by atoms with Crippen molar-refractivity contribution < 1.29 is 14.7 Å². The first kappa shape index (κ1) is 17.9. The van der Waals surface area contributed by atoms with Gasteiger partial charge in [0.1, 0.15) is 6.17 Å². The van der Waals surface area contributed by atoms with E-state index >= 15 is 0 Å². The van der Waals surface area contributed by atoms with Gasteiger partial charge in [-0.2, -0.15) is 0 Å². The molecule has 1 heterocycles. The molecule has 0 radical (unpaired) electrons. The summed E-state index contributed by atoms with van der Waals surface area (Å²) in [6.07, 6.45) is -1.12. The first-order valence-electron chi connectivity index (χ1n) is 6.29. The average molecular weight is 394 g/mol. The molecule has 9 heteroatoms. The third kappa shape index (κ3) is 4.75. The molecule has 3 N–H and O–H groups in total. The normalized spacial score (nSPS) is 12.5. The number of para-hydroxylation sites is 1. The number of carboxylic acids is 1. The van der Waals surface area contributed by atoms with Gasteiger partial charge in [0.25, 0.3) is 5.91 Å². The van der Waals surface area contributed by atoms with Crippen LogP contribution in [0.15, 0.2) is 41.8 Å². The smallest absolute Gasteiger partial charge is 0.337 e. The first-order valence-corrected chi connectivity index (χ1v) is 8.30. The Kier molecular flexibility index (Phi) is 5.75. The fourth-order valence-electron chi connectivity index (χ4n) is 1.76. The molecule has 2 aromatic rings. The Morgan fingerprint density at radius 1 is 1.13 bits per heavy atom. The molecule has 0 fully saturated rings. The second-order valence-corrected chi connectivity index (χ2v) is 7.74. The van der Waals surface area contributed by atoms with Gasteiger partial charge in [-0.05, 0) is 23.6 Å². The van der Waals surface area contributed by atoms with Crippen LogP contribution in [0.4, 0.5) is 5.69 Å². The number of benzene rings is 1. The number of hydrogen-bond acceptors (Lipinski definition) is 4. The van der Waals surface area contributed by atoms with Crippen molar-refractivity contribution >= 4 is 63.7 Å². The molecule has 1 amide bonds. The summed E-state index contributed by atoms with van der Waals surface area (Å²) in [5.41, 5.74) is 0.222. The lowest BCUT2D eigenvalue weighted by atomic mass is 10.2. The van der Waals surface area contributed by atoms with E-state index in [1.165, 1.54) is 23.5 Å². The number of halogens is 3. The van der Waals surface area contributed by atoms with E-state index in [-0.39, 0.29) is 11.3 Å². The zero-order valence-electron chi connectivity index (χ0n) is 11.4. The quantitative estimate of drug-likeness (QED) is 0.530. The van der Waals surface area contributed by atoms with Crippen molar-refractivity contribution in [2.75, 3.05) is 5.32 Å². The van der Waals surface area contributed by atoms with Crippen molar-refractivity contribution in [1.29, 1.82) is 0 Å². The van der Waals surface area contributed by atoms with E-state index in [4.69, 9.17) is 34.8 Å². The van der Waals surface area contributed by atoms with Crippen molar-refractivity contribution in [3.05, 3.63) is 52.2 Å². The van der Waals surface area contributed by atoms with Crippen molar-refractivity contribution in [2.24, 2.45) is 0 Å². The van der Waals surface area contributed by atoms with Gasteiger partial charge in [0.05, 0.1) is 16.1 Å². The lowest BCUT2D eigenvalue weighted by Gasteiger charge is -2.27.